The van der Waals surface area contributed by atoms with Gasteiger partial charge in [-0.05, 0) is 47.1 Å². The summed E-state index contributed by atoms with van der Waals surface area (Å²) >= 11 is 0. The van der Waals surface area contributed by atoms with Crippen molar-refractivity contribution < 1.29 is 15.0 Å². The van der Waals surface area contributed by atoms with Gasteiger partial charge in [-0.2, -0.15) is 0 Å². The Balaban J connectivity index is 1.86. The predicted molar refractivity (Wildman–Crippen MR) is 77.3 cm³/mol. The fourth-order valence-corrected chi connectivity index (χ4v) is 3.34. The molecule has 1 saturated carbocycles. The van der Waals surface area contributed by atoms with Crippen LogP contribution in [0.5, 0.6) is 11.5 Å². The summed E-state index contributed by atoms with van der Waals surface area (Å²) in [6, 6.07) is 4.69. The molecule has 1 aromatic rings. The van der Waals surface area contributed by atoms with Crippen molar-refractivity contribution in [2.45, 2.75) is 20.3 Å². The summed E-state index contributed by atoms with van der Waals surface area (Å²) in [5.74, 6) is 0.585. The number of allylic oxidation sites excluding steroid dienone is 3. The lowest BCUT2D eigenvalue weighted by molar-refractivity contribution is -0.133. The van der Waals surface area contributed by atoms with Gasteiger partial charge in [-0.15, -0.1) is 0 Å². The van der Waals surface area contributed by atoms with E-state index in [2.05, 4.69) is 13.8 Å². The molecular formula is C17H18O3. The largest absolute Gasteiger partial charge is 0.504 e. The first-order valence-electron chi connectivity index (χ1n) is 6.85. The van der Waals surface area contributed by atoms with Crippen LogP contribution in [-0.4, -0.2) is 16.0 Å². The molecule has 2 atom stereocenters. The summed E-state index contributed by atoms with van der Waals surface area (Å²) in [7, 11) is 0. The van der Waals surface area contributed by atoms with Gasteiger partial charge >= 0.3 is 0 Å². The molecular weight excluding hydrogens is 252 g/mol. The van der Waals surface area contributed by atoms with Crippen molar-refractivity contribution in [2.75, 3.05) is 0 Å². The average Bonchev–Trinajstić information content (AvgIpc) is 2.39. The van der Waals surface area contributed by atoms with Gasteiger partial charge in [-0.25, -0.2) is 0 Å². The fraction of sp³-hybridized carbons (Fsp3) is 0.353. The van der Waals surface area contributed by atoms with Gasteiger partial charge in [-0.3, -0.25) is 4.79 Å². The average molecular weight is 270 g/mol. The number of hydrogen-bond donors (Lipinski definition) is 2. The van der Waals surface area contributed by atoms with Crippen LogP contribution in [0.25, 0.3) is 6.08 Å². The zero-order chi connectivity index (χ0) is 14.5. The Morgan fingerprint density at radius 2 is 1.90 bits per heavy atom. The monoisotopic (exact) mass is 270 g/mol. The number of carbonyl (C=O) groups excluding carboxylic acids is 1. The maximum atomic E-state index is 12.0. The number of carbonyl (C=O) groups is 1. The van der Waals surface area contributed by atoms with Crippen LogP contribution in [0.1, 0.15) is 25.8 Å². The molecule has 3 aliphatic carbocycles. The summed E-state index contributed by atoms with van der Waals surface area (Å²) in [6.45, 7) is 4.30. The molecule has 1 aromatic carbocycles. The van der Waals surface area contributed by atoms with Gasteiger partial charge in [0.25, 0.3) is 0 Å². The van der Waals surface area contributed by atoms with Gasteiger partial charge in [0.15, 0.2) is 17.3 Å². The van der Waals surface area contributed by atoms with Crippen molar-refractivity contribution in [1.29, 1.82) is 0 Å². The van der Waals surface area contributed by atoms with E-state index in [1.54, 1.807) is 12.1 Å². The van der Waals surface area contributed by atoms with Crippen LogP contribution in [0.2, 0.25) is 0 Å². The van der Waals surface area contributed by atoms with Gasteiger partial charge in [0.05, 0.1) is 0 Å². The molecule has 3 heteroatoms. The number of hydrogen-bond acceptors (Lipinski definition) is 3. The van der Waals surface area contributed by atoms with Crippen LogP contribution in [-0.2, 0) is 4.79 Å². The van der Waals surface area contributed by atoms with Crippen LogP contribution in [0.3, 0.4) is 0 Å². The topological polar surface area (TPSA) is 57.5 Å². The van der Waals surface area contributed by atoms with Crippen LogP contribution >= 0.6 is 0 Å². The molecule has 1 fully saturated rings. The Labute approximate surface area is 118 Å². The van der Waals surface area contributed by atoms with E-state index in [0.717, 1.165) is 17.6 Å². The molecule has 2 N–H and O–H groups in total. The van der Waals surface area contributed by atoms with Crippen molar-refractivity contribution in [3.63, 3.8) is 0 Å². The quantitative estimate of drug-likeness (QED) is 0.811. The minimum Gasteiger partial charge on any atom is -0.504 e. The molecule has 0 aromatic heterocycles. The Morgan fingerprint density at radius 3 is 2.50 bits per heavy atom. The first kappa shape index (κ1) is 13.0. The summed E-state index contributed by atoms with van der Waals surface area (Å²) < 4.78 is 0. The molecule has 0 saturated heterocycles. The molecule has 20 heavy (non-hydrogen) atoms. The van der Waals surface area contributed by atoms with E-state index in [-0.39, 0.29) is 28.6 Å². The van der Waals surface area contributed by atoms with Crippen molar-refractivity contribution >= 4 is 11.9 Å². The second kappa shape index (κ2) is 4.23. The summed E-state index contributed by atoms with van der Waals surface area (Å²) in [4.78, 5) is 12.0. The number of phenols is 2. The second-order valence-corrected chi connectivity index (χ2v) is 6.29. The van der Waals surface area contributed by atoms with Crippen LogP contribution in [0.4, 0.5) is 0 Å². The number of fused-ring (bicyclic) bond motifs is 1. The molecule has 2 bridgehead atoms. The molecule has 0 spiro atoms. The van der Waals surface area contributed by atoms with E-state index in [0.29, 0.717) is 5.92 Å². The minimum atomic E-state index is -0.134. The number of ketones is 1. The molecule has 0 aliphatic heterocycles. The smallest absolute Gasteiger partial charge is 0.159 e. The van der Waals surface area contributed by atoms with E-state index >= 15 is 0 Å². The first-order valence-corrected chi connectivity index (χ1v) is 6.85. The highest BCUT2D eigenvalue weighted by molar-refractivity contribution is 5.96. The van der Waals surface area contributed by atoms with E-state index in [1.165, 1.54) is 12.1 Å². The van der Waals surface area contributed by atoms with Crippen molar-refractivity contribution in [1.82, 2.24) is 0 Å². The van der Waals surface area contributed by atoms with Gasteiger partial charge < -0.3 is 10.2 Å². The molecule has 0 unspecified atom stereocenters. The van der Waals surface area contributed by atoms with Crippen molar-refractivity contribution in [3.8, 4) is 11.5 Å². The van der Waals surface area contributed by atoms with Gasteiger partial charge in [0, 0.05) is 5.92 Å². The van der Waals surface area contributed by atoms with Gasteiger partial charge in [-0.1, -0.05) is 32.1 Å². The highest BCUT2D eigenvalue weighted by Gasteiger charge is 2.54. The van der Waals surface area contributed by atoms with E-state index in [9.17, 15) is 15.0 Å². The third kappa shape index (κ3) is 1.85. The zero-order valence-corrected chi connectivity index (χ0v) is 11.6. The number of phenolic OH excluding ortho intramolecular Hbond substituents is 2. The first-order chi connectivity index (χ1) is 9.39. The maximum absolute atomic E-state index is 12.0. The minimum absolute atomic E-state index is 0.0581. The fourth-order valence-electron chi connectivity index (χ4n) is 3.34. The molecule has 3 aliphatic rings. The van der Waals surface area contributed by atoms with Crippen LogP contribution in [0.15, 0.2) is 35.9 Å². The Morgan fingerprint density at radius 1 is 1.15 bits per heavy atom. The standard InChI is InChI=1S/C17H18O3/c1-17(2)12-9-13(17)15(19)8-11(12)5-3-10-4-6-14(18)16(20)7-10/h3-8,12-13,18,20H,9H2,1-2H3/t12-,13+/m1/s1. The van der Waals surface area contributed by atoms with Crippen LogP contribution < -0.4 is 0 Å². The summed E-state index contributed by atoms with van der Waals surface area (Å²) in [6.07, 6.45) is 6.52. The lowest BCUT2D eigenvalue weighted by Gasteiger charge is -2.54. The van der Waals surface area contributed by atoms with Crippen molar-refractivity contribution in [3.05, 3.63) is 41.5 Å². The molecule has 3 nitrogen and oxygen atoms in total. The third-order valence-corrected chi connectivity index (χ3v) is 4.79. The summed E-state index contributed by atoms with van der Waals surface area (Å²) in [5, 5.41) is 18.8. The van der Waals surface area contributed by atoms with Gasteiger partial charge in [0.2, 0.25) is 0 Å². The molecule has 0 heterocycles. The second-order valence-electron chi connectivity index (χ2n) is 6.29. The van der Waals surface area contributed by atoms with Gasteiger partial charge in [0.1, 0.15) is 0 Å². The predicted octanol–water partition coefficient (Wildman–Crippen LogP) is 3.28. The zero-order valence-electron chi connectivity index (χ0n) is 11.6. The van der Waals surface area contributed by atoms with E-state index in [1.807, 2.05) is 12.2 Å². The highest BCUT2D eigenvalue weighted by atomic mass is 16.3. The van der Waals surface area contributed by atoms with E-state index < -0.39 is 0 Å². The molecule has 0 radical (unpaired) electrons. The van der Waals surface area contributed by atoms with E-state index in [4.69, 9.17) is 0 Å². The highest BCUT2D eigenvalue weighted by Crippen LogP contribution is 2.58. The molecule has 0 amide bonds. The number of rotatable bonds is 2. The SMILES string of the molecule is CC1(C)[C@@H]2C[C@H]1C(=O)C=C2C=Cc1ccc(O)c(O)c1. The number of benzene rings is 1. The lowest BCUT2D eigenvalue weighted by atomic mass is 9.48. The van der Waals surface area contributed by atoms with Crippen molar-refractivity contribution in [2.24, 2.45) is 17.3 Å². The Hall–Kier alpha value is -2.03. The number of aromatic hydroxyl groups is 2. The Bertz CT molecular complexity index is 638. The van der Waals surface area contributed by atoms with Crippen LogP contribution in [0, 0.1) is 17.3 Å². The normalized spacial score (nSPS) is 27.3. The lowest BCUT2D eigenvalue weighted by Crippen LogP contribution is -2.52. The Kier molecular flexibility index (Phi) is 2.75. The molecule has 104 valence electrons. The third-order valence-electron chi connectivity index (χ3n) is 4.79. The molecule has 4 rings (SSSR count). The summed E-state index contributed by atoms with van der Waals surface area (Å²) in [5.41, 5.74) is 1.92. The maximum Gasteiger partial charge on any atom is 0.159 e.